The second kappa shape index (κ2) is 7.34. The van der Waals surface area contributed by atoms with Gasteiger partial charge in [-0.2, -0.15) is 0 Å². The Labute approximate surface area is 148 Å². The SMILES string of the molecule is O=C(CSc1ccc2c(c1)OCCO2)Nc1c(Cl)cccc1Cl. The maximum Gasteiger partial charge on any atom is 0.234 e. The van der Waals surface area contributed by atoms with E-state index in [-0.39, 0.29) is 11.7 Å². The van der Waals surface area contributed by atoms with Gasteiger partial charge in [-0.25, -0.2) is 0 Å². The van der Waals surface area contributed by atoms with E-state index in [0.717, 1.165) is 10.6 Å². The lowest BCUT2D eigenvalue weighted by Crippen LogP contribution is -2.16. The van der Waals surface area contributed by atoms with E-state index < -0.39 is 0 Å². The Hall–Kier alpha value is -1.56. The molecule has 0 radical (unpaired) electrons. The van der Waals surface area contributed by atoms with E-state index >= 15 is 0 Å². The van der Waals surface area contributed by atoms with Crippen molar-refractivity contribution in [1.29, 1.82) is 0 Å². The summed E-state index contributed by atoms with van der Waals surface area (Å²) in [6.45, 7) is 1.09. The van der Waals surface area contributed by atoms with Crippen molar-refractivity contribution in [1.82, 2.24) is 0 Å². The van der Waals surface area contributed by atoms with Crippen LogP contribution in [-0.2, 0) is 4.79 Å². The first-order chi connectivity index (χ1) is 11.1. The first-order valence-electron chi connectivity index (χ1n) is 6.90. The zero-order chi connectivity index (χ0) is 16.2. The summed E-state index contributed by atoms with van der Waals surface area (Å²) >= 11 is 13.5. The standard InChI is InChI=1S/C16H13Cl2NO3S/c17-11-2-1-3-12(18)16(11)19-15(20)9-23-10-4-5-13-14(8-10)22-7-6-21-13/h1-5,8H,6-7,9H2,(H,19,20). The summed E-state index contributed by atoms with van der Waals surface area (Å²) in [6, 6.07) is 10.7. The second-order valence-electron chi connectivity index (χ2n) is 4.74. The minimum atomic E-state index is -0.181. The van der Waals surface area contributed by atoms with Gasteiger partial charge in [0.2, 0.25) is 5.91 Å². The van der Waals surface area contributed by atoms with Crippen LogP contribution in [0.2, 0.25) is 10.0 Å². The summed E-state index contributed by atoms with van der Waals surface area (Å²) in [7, 11) is 0. The van der Waals surface area contributed by atoms with Crippen molar-refractivity contribution in [3.63, 3.8) is 0 Å². The molecule has 1 aliphatic heterocycles. The lowest BCUT2D eigenvalue weighted by atomic mass is 10.3. The number of para-hydroxylation sites is 1. The van der Waals surface area contributed by atoms with Crippen molar-refractivity contribution in [3.8, 4) is 11.5 Å². The third-order valence-electron chi connectivity index (χ3n) is 3.11. The Balaban J connectivity index is 1.61. The van der Waals surface area contributed by atoms with Crippen molar-refractivity contribution >= 4 is 46.6 Å². The number of benzene rings is 2. The van der Waals surface area contributed by atoms with E-state index in [1.807, 2.05) is 18.2 Å². The van der Waals surface area contributed by atoms with Gasteiger partial charge in [-0.3, -0.25) is 4.79 Å². The molecule has 3 rings (SSSR count). The summed E-state index contributed by atoms with van der Waals surface area (Å²) in [5, 5.41) is 3.56. The van der Waals surface area contributed by atoms with Crippen LogP contribution in [0.4, 0.5) is 5.69 Å². The van der Waals surface area contributed by atoms with Gasteiger partial charge in [0.25, 0.3) is 0 Å². The molecule has 0 saturated heterocycles. The van der Waals surface area contributed by atoms with E-state index in [9.17, 15) is 4.79 Å². The van der Waals surface area contributed by atoms with Gasteiger partial charge in [-0.15, -0.1) is 11.8 Å². The lowest BCUT2D eigenvalue weighted by Gasteiger charge is -2.18. The third kappa shape index (κ3) is 4.05. The summed E-state index contributed by atoms with van der Waals surface area (Å²) in [5.41, 5.74) is 0.434. The molecule has 2 aromatic rings. The molecule has 0 spiro atoms. The Kier molecular flexibility index (Phi) is 5.20. The molecular weight excluding hydrogens is 357 g/mol. The molecule has 4 nitrogen and oxygen atoms in total. The molecule has 0 atom stereocenters. The molecule has 0 bridgehead atoms. The molecular formula is C16H13Cl2NO3S. The van der Waals surface area contributed by atoms with Gasteiger partial charge in [0.05, 0.1) is 21.5 Å². The van der Waals surface area contributed by atoms with Crippen LogP contribution >= 0.6 is 35.0 Å². The Morgan fingerprint density at radius 2 is 1.78 bits per heavy atom. The van der Waals surface area contributed by atoms with Crippen LogP contribution in [-0.4, -0.2) is 24.9 Å². The monoisotopic (exact) mass is 369 g/mol. The van der Waals surface area contributed by atoms with Crippen molar-refractivity contribution in [2.24, 2.45) is 0 Å². The third-order valence-corrected chi connectivity index (χ3v) is 4.73. The smallest absolute Gasteiger partial charge is 0.234 e. The Bertz CT molecular complexity index is 719. The number of amides is 1. The fourth-order valence-corrected chi connectivity index (χ4v) is 3.27. The van der Waals surface area contributed by atoms with Crippen LogP contribution < -0.4 is 14.8 Å². The van der Waals surface area contributed by atoms with Crippen molar-refractivity contribution < 1.29 is 14.3 Å². The molecule has 0 aromatic heterocycles. The molecule has 1 heterocycles. The molecule has 1 N–H and O–H groups in total. The van der Waals surface area contributed by atoms with Gasteiger partial charge in [-0.05, 0) is 30.3 Å². The maximum atomic E-state index is 12.1. The highest BCUT2D eigenvalue weighted by atomic mass is 35.5. The number of hydrogen-bond acceptors (Lipinski definition) is 4. The second-order valence-corrected chi connectivity index (χ2v) is 6.60. The number of hydrogen-bond donors (Lipinski definition) is 1. The maximum absolute atomic E-state index is 12.1. The van der Waals surface area contributed by atoms with Crippen LogP contribution in [0.5, 0.6) is 11.5 Å². The van der Waals surface area contributed by atoms with Crippen molar-refractivity contribution in [2.45, 2.75) is 4.90 Å². The predicted octanol–water partition coefficient (Wildman–Crippen LogP) is 4.50. The highest BCUT2D eigenvalue weighted by molar-refractivity contribution is 8.00. The zero-order valence-electron chi connectivity index (χ0n) is 12.0. The number of carbonyl (C=O) groups excluding carboxylic acids is 1. The zero-order valence-corrected chi connectivity index (χ0v) is 14.3. The number of anilines is 1. The number of thioether (sulfide) groups is 1. The predicted molar refractivity (Wildman–Crippen MR) is 93.2 cm³/mol. The van der Waals surface area contributed by atoms with Gasteiger partial charge in [0.1, 0.15) is 13.2 Å². The number of rotatable bonds is 4. The minimum absolute atomic E-state index is 0.181. The molecule has 0 aliphatic carbocycles. The molecule has 1 aliphatic rings. The minimum Gasteiger partial charge on any atom is -0.486 e. The fourth-order valence-electron chi connectivity index (χ4n) is 2.06. The lowest BCUT2D eigenvalue weighted by molar-refractivity contribution is -0.113. The normalized spacial score (nSPS) is 12.8. The fraction of sp³-hybridized carbons (Fsp3) is 0.188. The molecule has 0 fully saturated rings. The van der Waals surface area contributed by atoms with Crippen molar-refractivity contribution in [2.75, 3.05) is 24.3 Å². The molecule has 7 heteroatoms. The molecule has 1 amide bonds. The van der Waals surface area contributed by atoms with Gasteiger partial charge in [0, 0.05) is 4.90 Å². The van der Waals surface area contributed by atoms with Gasteiger partial charge in [-0.1, -0.05) is 29.3 Å². The average molecular weight is 370 g/mol. The van der Waals surface area contributed by atoms with Gasteiger partial charge < -0.3 is 14.8 Å². The summed E-state index contributed by atoms with van der Waals surface area (Å²) in [5.74, 6) is 1.49. The van der Waals surface area contributed by atoms with Crippen molar-refractivity contribution in [3.05, 3.63) is 46.4 Å². The highest BCUT2D eigenvalue weighted by Crippen LogP contribution is 2.34. The van der Waals surface area contributed by atoms with Crippen LogP contribution in [0.1, 0.15) is 0 Å². The molecule has 0 saturated carbocycles. The molecule has 23 heavy (non-hydrogen) atoms. The first-order valence-corrected chi connectivity index (χ1v) is 8.64. The topological polar surface area (TPSA) is 47.6 Å². The van der Waals surface area contributed by atoms with Crippen LogP contribution in [0.25, 0.3) is 0 Å². The van der Waals surface area contributed by atoms with E-state index in [1.165, 1.54) is 11.8 Å². The summed E-state index contributed by atoms with van der Waals surface area (Å²) in [4.78, 5) is 13.0. The first kappa shape index (κ1) is 16.3. The van der Waals surface area contributed by atoms with Gasteiger partial charge >= 0.3 is 0 Å². The van der Waals surface area contributed by atoms with E-state index in [2.05, 4.69) is 5.32 Å². The van der Waals surface area contributed by atoms with Crippen LogP contribution in [0.15, 0.2) is 41.3 Å². The van der Waals surface area contributed by atoms with E-state index in [0.29, 0.717) is 34.7 Å². The van der Waals surface area contributed by atoms with Crippen LogP contribution in [0.3, 0.4) is 0 Å². The molecule has 0 unspecified atom stereocenters. The number of fused-ring (bicyclic) bond motifs is 1. The van der Waals surface area contributed by atoms with Gasteiger partial charge in [0.15, 0.2) is 11.5 Å². The number of carbonyl (C=O) groups is 1. The largest absolute Gasteiger partial charge is 0.486 e. The number of nitrogens with one attached hydrogen (secondary N) is 1. The number of halogens is 2. The average Bonchev–Trinajstić information content (AvgIpc) is 2.56. The van der Waals surface area contributed by atoms with E-state index in [4.69, 9.17) is 32.7 Å². The Morgan fingerprint density at radius 1 is 1.09 bits per heavy atom. The molecule has 120 valence electrons. The summed E-state index contributed by atoms with van der Waals surface area (Å²) < 4.78 is 11.0. The summed E-state index contributed by atoms with van der Waals surface area (Å²) in [6.07, 6.45) is 0. The van der Waals surface area contributed by atoms with E-state index in [1.54, 1.807) is 18.2 Å². The highest BCUT2D eigenvalue weighted by Gasteiger charge is 2.13. The quantitative estimate of drug-likeness (QED) is 0.806. The number of ether oxygens (including phenoxy) is 2. The van der Waals surface area contributed by atoms with Crippen LogP contribution in [0, 0.1) is 0 Å². The molecule has 2 aromatic carbocycles. The Morgan fingerprint density at radius 3 is 2.52 bits per heavy atom.